The Morgan fingerprint density at radius 2 is 2.00 bits per heavy atom. The second-order valence-electron chi connectivity index (χ2n) is 9.74. The van der Waals surface area contributed by atoms with Crippen LogP contribution in [0.5, 0.6) is 0 Å². The van der Waals surface area contributed by atoms with Crippen molar-refractivity contribution in [3.8, 4) is 22.5 Å². The van der Waals surface area contributed by atoms with E-state index in [9.17, 15) is 4.79 Å². The normalized spacial score (nSPS) is 13.8. The summed E-state index contributed by atoms with van der Waals surface area (Å²) in [6, 6.07) is 8.70. The van der Waals surface area contributed by atoms with Gasteiger partial charge in [0.15, 0.2) is 5.65 Å². The molecule has 5 rings (SSSR count). The molecule has 0 radical (unpaired) electrons. The zero-order valence-electron chi connectivity index (χ0n) is 20.5. The Bertz CT molecular complexity index is 1360. The number of hydrogen-bond acceptors (Lipinski definition) is 5. The molecule has 0 fully saturated rings. The van der Waals surface area contributed by atoms with Crippen molar-refractivity contribution in [2.75, 3.05) is 27.2 Å². The first-order valence-electron chi connectivity index (χ1n) is 11.7. The maximum absolute atomic E-state index is 12.5. The number of carbonyl (C=O) groups excluding carboxylic acids is 1. The van der Waals surface area contributed by atoms with E-state index in [1.807, 2.05) is 41.5 Å². The van der Waals surface area contributed by atoms with Crippen LogP contribution in [-0.4, -0.2) is 67.7 Å². The molecule has 0 spiro atoms. The highest BCUT2D eigenvalue weighted by atomic mass is 16.2. The fraction of sp³-hybridized carbons (Fsp3) is 0.385. The van der Waals surface area contributed by atoms with Crippen molar-refractivity contribution in [3.05, 3.63) is 59.0 Å². The fourth-order valence-electron chi connectivity index (χ4n) is 4.87. The number of hydrogen-bond donors (Lipinski definition) is 1. The number of likely N-dealkylation sites (N-methyl/N-ethyl adjacent to an activating group) is 1. The lowest BCUT2D eigenvalue weighted by Gasteiger charge is -2.30. The van der Waals surface area contributed by atoms with Crippen molar-refractivity contribution in [3.63, 3.8) is 0 Å². The molecule has 1 aliphatic rings. The molecule has 0 bridgehead atoms. The summed E-state index contributed by atoms with van der Waals surface area (Å²) < 4.78 is 1.81. The highest BCUT2D eigenvalue weighted by Gasteiger charge is 2.24. The number of rotatable bonds is 5. The van der Waals surface area contributed by atoms with Crippen LogP contribution >= 0.6 is 0 Å². The van der Waals surface area contributed by atoms with E-state index in [4.69, 9.17) is 5.10 Å². The number of aromatic amines is 1. The molecule has 4 heterocycles. The van der Waals surface area contributed by atoms with E-state index in [1.165, 1.54) is 16.7 Å². The van der Waals surface area contributed by atoms with Gasteiger partial charge in [-0.1, -0.05) is 26.0 Å². The van der Waals surface area contributed by atoms with Gasteiger partial charge in [-0.2, -0.15) is 10.2 Å². The summed E-state index contributed by atoms with van der Waals surface area (Å²) in [7, 11) is 3.86. The average Bonchev–Trinajstić information content (AvgIpc) is 3.45. The van der Waals surface area contributed by atoms with Gasteiger partial charge >= 0.3 is 0 Å². The number of aryl methyl sites for hydroxylation is 1. The number of nitrogens with zero attached hydrogens (tertiary/aromatic N) is 6. The minimum absolute atomic E-state index is 0.180. The molecule has 176 valence electrons. The topological polar surface area (TPSA) is 82.4 Å². The molecule has 1 amide bonds. The third kappa shape index (κ3) is 3.98. The van der Waals surface area contributed by atoms with Gasteiger partial charge in [0.05, 0.1) is 17.9 Å². The lowest BCUT2D eigenvalue weighted by atomic mass is 9.91. The molecule has 1 aliphatic heterocycles. The summed E-state index contributed by atoms with van der Waals surface area (Å²) in [5.74, 6) is 0.463. The molecular formula is C26H31N7O. The molecule has 4 aromatic rings. The SMILES string of the molecule is Cc1cc(-c2n[nH]c(-c3ccc4c(c3)CCN(C(=O)CN(C)C)C4)c2C(C)C)cn2ncnc12. The Kier molecular flexibility index (Phi) is 5.69. The van der Waals surface area contributed by atoms with Gasteiger partial charge in [0.25, 0.3) is 0 Å². The van der Waals surface area contributed by atoms with E-state index in [0.717, 1.165) is 46.7 Å². The van der Waals surface area contributed by atoms with Crippen LogP contribution in [0.3, 0.4) is 0 Å². The Labute approximate surface area is 199 Å². The van der Waals surface area contributed by atoms with Gasteiger partial charge in [0.2, 0.25) is 5.91 Å². The monoisotopic (exact) mass is 457 g/mol. The van der Waals surface area contributed by atoms with E-state index in [0.29, 0.717) is 13.1 Å². The van der Waals surface area contributed by atoms with E-state index >= 15 is 0 Å². The lowest BCUT2D eigenvalue weighted by Crippen LogP contribution is -2.40. The summed E-state index contributed by atoms with van der Waals surface area (Å²) >= 11 is 0. The zero-order valence-corrected chi connectivity index (χ0v) is 20.5. The Morgan fingerprint density at radius 1 is 1.18 bits per heavy atom. The van der Waals surface area contributed by atoms with Crippen LogP contribution in [0.15, 0.2) is 36.8 Å². The standard InChI is InChI=1S/C26H31N7O/c1-16(2)23-24(29-30-25(23)21-10-17(3)26-27-15-28-33(26)13-21)19-6-7-20-12-32(9-8-18(20)11-19)22(34)14-31(4)5/h6-7,10-11,13,15-16H,8-9,12,14H2,1-5H3,(H,29,30). The molecule has 8 nitrogen and oxygen atoms in total. The number of nitrogens with one attached hydrogen (secondary N) is 1. The number of aromatic nitrogens is 5. The van der Waals surface area contributed by atoms with Crippen molar-refractivity contribution in [1.82, 2.24) is 34.6 Å². The van der Waals surface area contributed by atoms with Crippen molar-refractivity contribution in [1.29, 1.82) is 0 Å². The summed E-state index contributed by atoms with van der Waals surface area (Å²) in [4.78, 5) is 20.7. The van der Waals surface area contributed by atoms with Crippen molar-refractivity contribution < 1.29 is 4.79 Å². The fourth-order valence-corrected chi connectivity index (χ4v) is 4.87. The van der Waals surface area contributed by atoms with Gasteiger partial charge in [-0.15, -0.1) is 0 Å². The maximum Gasteiger partial charge on any atom is 0.237 e. The molecular weight excluding hydrogens is 426 g/mol. The second-order valence-corrected chi connectivity index (χ2v) is 9.74. The molecule has 34 heavy (non-hydrogen) atoms. The van der Waals surface area contributed by atoms with Crippen LogP contribution in [0.25, 0.3) is 28.2 Å². The summed E-state index contributed by atoms with van der Waals surface area (Å²) in [6.07, 6.45) is 4.43. The Balaban J connectivity index is 1.49. The molecule has 1 N–H and O–H groups in total. The largest absolute Gasteiger partial charge is 0.337 e. The number of amides is 1. The smallest absolute Gasteiger partial charge is 0.237 e. The van der Waals surface area contributed by atoms with Gasteiger partial charge in [0, 0.05) is 36.0 Å². The number of carbonyl (C=O) groups is 1. The van der Waals surface area contributed by atoms with Crippen LogP contribution in [0.2, 0.25) is 0 Å². The molecule has 8 heteroatoms. The molecule has 0 saturated carbocycles. The van der Waals surface area contributed by atoms with Gasteiger partial charge in [-0.25, -0.2) is 9.50 Å². The zero-order chi connectivity index (χ0) is 24.0. The molecule has 0 aliphatic carbocycles. The van der Waals surface area contributed by atoms with E-state index < -0.39 is 0 Å². The van der Waals surface area contributed by atoms with E-state index in [1.54, 1.807) is 6.33 Å². The van der Waals surface area contributed by atoms with Crippen LogP contribution in [0, 0.1) is 6.92 Å². The van der Waals surface area contributed by atoms with Gasteiger partial charge < -0.3 is 9.80 Å². The Hall–Kier alpha value is -3.52. The first-order valence-corrected chi connectivity index (χ1v) is 11.7. The third-order valence-corrected chi connectivity index (χ3v) is 6.53. The predicted octanol–water partition coefficient (Wildman–Crippen LogP) is 3.66. The van der Waals surface area contributed by atoms with Crippen molar-refractivity contribution in [2.45, 2.75) is 39.7 Å². The highest BCUT2D eigenvalue weighted by molar-refractivity contribution is 5.79. The minimum Gasteiger partial charge on any atom is -0.337 e. The van der Waals surface area contributed by atoms with Crippen molar-refractivity contribution in [2.24, 2.45) is 0 Å². The number of pyridine rings is 1. The minimum atomic E-state index is 0.180. The molecule has 0 saturated heterocycles. The van der Waals surface area contributed by atoms with E-state index in [2.05, 4.69) is 53.3 Å². The van der Waals surface area contributed by atoms with Crippen LogP contribution in [-0.2, 0) is 17.8 Å². The molecule has 3 aromatic heterocycles. The number of H-pyrrole nitrogens is 1. The predicted molar refractivity (Wildman–Crippen MR) is 133 cm³/mol. The number of benzene rings is 1. The average molecular weight is 458 g/mol. The third-order valence-electron chi connectivity index (χ3n) is 6.53. The molecule has 1 aromatic carbocycles. The maximum atomic E-state index is 12.5. The summed E-state index contributed by atoms with van der Waals surface area (Å²) in [6.45, 7) is 8.32. The number of fused-ring (bicyclic) bond motifs is 2. The van der Waals surface area contributed by atoms with Gasteiger partial charge in [-0.3, -0.25) is 9.89 Å². The Morgan fingerprint density at radius 3 is 2.76 bits per heavy atom. The quantitative estimate of drug-likeness (QED) is 0.495. The van der Waals surface area contributed by atoms with Crippen LogP contribution in [0.1, 0.15) is 42.0 Å². The summed E-state index contributed by atoms with van der Waals surface area (Å²) in [5.41, 5.74) is 9.80. The van der Waals surface area contributed by atoms with Gasteiger partial charge in [-0.05, 0) is 62.2 Å². The lowest BCUT2D eigenvalue weighted by molar-refractivity contribution is -0.132. The highest BCUT2D eigenvalue weighted by Crippen LogP contribution is 2.37. The molecule has 0 unspecified atom stereocenters. The van der Waals surface area contributed by atoms with Crippen LogP contribution in [0.4, 0.5) is 0 Å². The second kappa shape index (κ2) is 8.68. The van der Waals surface area contributed by atoms with E-state index in [-0.39, 0.29) is 11.8 Å². The van der Waals surface area contributed by atoms with Crippen LogP contribution < -0.4 is 0 Å². The summed E-state index contributed by atoms with van der Waals surface area (Å²) in [5, 5.41) is 12.4. The van der Waals surface area contributed by atoms with Crippen molar-refractivity contribution >= 4 is 11.6 Å². The van der Waals surface area contributed by atoms with Gasteiger partial charge in [0.1, 0.15) is 6.33 Å². The first-order chi connectivity index (χ1) is 16.3. The molecule has 0 atom stereocenters. The first kappa shape index (κ1) is 22.3.